The fourth-order valence-corrected chi connectivity index (χ4v) is 5.92. The zero-order chi connectivity index (χ0) is 22.3. The molecule has 10 heteroatoms. The Morgan fingerprint density at radius 1 is 1.35 bits per heavy atom. The molecule has 5 nitrogen and oxygen atoms in total. The molecule has 0 radical (unpaired) electrons. The number of anilines is 1. The van der Waals surface area contributed by atoms with Crippen LogP contribution in [0.3, 0.4) is 0 Å². The second-order valence-electron chi connectivity index (χ2n) is 7.70. The number of thiophene rings is 1. The van der Waals surface area contributed by atoms with E-state index in [4.69, 9.17) is 0 Å². The van der Waals surface area contributed by atoms with Gasteiger partial charge in [-0.3, -0.25) is 9.59 Å². The largest absolute Gasteiger partial charge is 0.418 e. The van der Waals surface area contributed by atoms with Gasteiger partial charge in [0.05, 0.1) is 21.9 Å². The third-order valence-electron chi connectivity index (χ3n) is 5.29. The van der Waals surface area contributed by atoms with Crippen LogP contribution in [0, 0.1) is 5.92 Å². The Morgan fingerprint density at radius 2 is 2.10 bits per heavy atom. The number of thioether (sulfide) groups is 1. The van der Waals surface area contributed by atoms with E-state index in [1.807, 2.05) is 0 Å². The van der Waals surface area contributed by atoms with E-state index in [0.29, 0.717) is 16.1 Å². The average molecular weight is 468 g/mol. The third kappa shape index (κ3) is 4.50. The smallest absolute Gasteiger partial charge is 0.325 e. The first kappa shape index (κ1) is 21.9. The van der Waals surface area contributed by atoms with Gasteiger partial charge in [0, 0.05) is 4.88 Å². The molecule has 2 heterocycles. The van der Waals surface area contributed by atoms with Gasteiger partial charge in [-0.1, -0.05) is 30.8 Å². The van der Waals surface area contributed by atoms with Crippen molar-refractivity contribution in [3.8, 4) is 0 Å². The Labute approximate surface area is 184 Å². The van der Waals surface area contributed by atoms with Crippen LogP contribution in [0.1, 0.15) is 36.3 Å². The number of benzene rings is 1. The van der Waals surface area contributed by atoms with E-state index in [2.05, 4.69) is 22.2 Å². The quantitative estimate of drug-likeness (QED) is 0.406. The van der Waals surface area contributed by atoms with Crippen LogP contribution in [-0.4, -0.2) is 21.1 Å². The Morgan fingerprint density at radius 3 is 2.84 bits per heavy atom. The summed E-state index contributed by atoms with van der Waals surface area (Å²) >= 11 is 2.51. The number of carbonyl (C=O) groups excluding carboxylic acids is 1. The monoisotopic (exact) mass is 467 g/mol. The SMILES string of the molecule is CC1CCc2c(sc3nc(SC(C)C(=O)Nc4ccccc4C(F)(F)F)[nH]c(=O)c23)C1. The lowest BCUT2D eigenvalue weighted by Crippen LogP contribution is -2.25. The number of nitrogens with one attached hydrogen (secondary N) is 2. The molecule has 31 heavy (non-hydrogen) atoms. The van der Waals surface area contributed by atoms with Crippen molar-refractivity contribution in [2.24, 2.45) is 5.92 Å². The van der Waals surface area contributed by atoms with Crippen LogP contribution in [0.25, 0.3) is 10.2 Å². The predicted octanol–water partition coefficient (Wildman–Crippen LogP) is 5.25. The molecule has 0 saturated carbocycles. The summed E-state index contributed by atoms with van der Waals surface area (Å²) in [6.45, 7) is 3.74. The number of amides is 1. The van der Waals surface area contributed by atoms with E-state index < -0.39 is 22.9 Å². The molecule has 0 spiro atoms. The maximum Gasteiger partial charge on any atom is 0.418 e. The zero-order valence-electron chi connectivity index (χ0n) is 16.8. The number of aromatic nitrogens is 2. The van der Waals surface area contributed by atoms with Crippen molar-refractivity contribution in [2.45, 2.75) is 49.7 Å². The lowest BCUT2D eigenvalue weighted by Gasteiger charge is -2.17. The van der Waals surface area contributed by atoms with Gasteiger partial charge in [0.25, 0.3) is 5.56 Å². The van der Waals surface area contributed by atoms with Crippen molar-refractivity contribution < 1.29 is 18.0 Å². The summed E-state index contributed by atoms with van der Waals surface area (Å²) in [5.74, 6) is -0.0412. The number of hydrogen-bond acceptors (Lipinski definition) is 5. The van der Waals surface area contributed by atoms with Crippen molar-refractivity contribution in [2.75, 3.05) is 5.32 Å². The molecule has 2 atom stereocenters. The second kappa shape index (κ2) is 8.31. The van der Waals surface area contributed by atoms with Crippen LogP contribution in [0.15, 0.2) is 34.2 Å². The normalized spacial score (nSPS) is 17.4. The highest BCUT2D eigenvalue weighted by atomic mass is 32.2. The molecule has 0 bridgehead atoms. The van der Waals surface area contributed by atoms with Gasteiger partial charge in [-0.05, 0) is 49.8 Å². The average Bonchev–Trinajstić information content (AvgIpc) is 3.05. The van der Waals surface area contributed by atoms with Gasteiger partial charge in [-0.15, -0.1) is 11.3 Å². The number of halogens is 3. The van der Waals surface area contributed by atoms with Crippen LogP contribution in [0.5, 0.6) is 0 Å². The topological polar surface area (TPSA) is 74.8 Å². The first-order valence-corrected chi connectivity index (χ1v) is 11.5. The van der Waals surface area contributed by atoms with Crippen molar-refractivity contribution in [1.82, 2.24) is 9.97 Å². The number of hydrogen-bond donors (Lipinski definition) is 2. The van der Waals surface area contributed by atoms with Crippen LogP contribution in [0.2, 0.25) is 0 Å². The fourth-order valence-electron chi connectivity index (χ4n) is 3.68. The molecule has 1 amide bonds. The zero-order valence-corrected chi connectivity index (χ0v) is 18.4. The van der Waals surface area contributed by atoms with E-state index in [1.54, 1.807) is 6.92 Å². The number of aromatic amines is 1. The van der Waals surface area contributed by atoms with Gasteiger partial charge >= 0.3 is 6.18 Å². The molecule has 1 aromatic carbocycles. The van der Waals surface area contributed by atoms with Crippen molar-refractivity contribution >= 4 is 44.9 Å². The van der Waals surface area contributed by atoms with Crippen molar-refractivity contribution in [1.29, 1.82) is 0 Å². The molecule has 1 aliphatic carbocycles. The van der Waals surface area contributed by atoms with Gasteiger partial charge in [-0.2, -0.15) is 13.2 Å². The maximum atomic E-state index is 13.2. The summed E-state index contributed by atoms with van der Waals surface area (Å²) in [6.07, 6.45) is -1.76. The predicted molar refractivity (Wildman–Crippen MR) is 117 cm³/mol. The Balaban J connectivity index is 1.54. The number of aryl methyl sites for hydroxylation is 1. The standard InChI is InChI=1S/C21H20F3N3O2S2/c1-10-7-8-12-15(9-10)31-19-16(12)18(29)26-20(27-19)30-11(2)17(28)25-14-6-4-3-5-13(14)21(22,23)24/h3-6,10-11H,7-9H2,1-2H3,(H,25,28)(H,26,27,29). The van der Waals surface area contributed by atoms with Crippen LogP contribution in [0.4, 0.5) is 18.9 Å². The number of fused-ring (bicyclic) bond motifs is 3. The van der Waals surface area contributed by atoms with E-state index in [1.165, 1.54) is 34.4 Å². The van der Waals surface area contributed by atoms with Crippen LogP contribution >= 0.6 is 23.1 Å². The minimum Gasteiger partial charge on any atom is -0.325 e. The fraction of sp³-hybridized carbons (Fsp3) is 0.381. The Bertz CT molecular complexity index is 1200. The molecule has 2 unspecified atom stereocenters. The number of para-hydroxylation sites is 1. The third-order valence-corrected chi connectivity index (χ3v) is 7.42. The molecule has 4 rings (SSSR count). The molecule has 0 fully saturated rings. The molecule has 2 aromatic heterocycles. The molecule has 164 valence electrons. The molecule has 0 saturated heterocycles. The lowest BCUT2D eigenvalue weighted by molar-refractivity contribution is -0.137. The van der Waals surface area contributed by atoms with Crippen molar-refractivity contribution in [3.63, 3.8) is 0 Å². The number of rotatable bonds is 4. The number of carbonyl (C=O) groups is 1. The highest BCUT2D eigenvalue weighted by Gasteiger charge is 2.34. The summed E-state index contributed by atoms with van der Waals surface area (Å²) in [5.41, 5.74) is -0.385. The second-order valence-corrected chi connectivity index (χ2v) is 10.1. The Kier molecular flexibility index (Phi) is 5.87. The van der Waals surface area contributed by atoms with Gasteiger partial charge < -0.3 is 10.3 Å². The molecular formula is C21H20F3N3O2S2. The Hall–Kier alpha value is -2.33. The molecule has 0 aliphatic heterocycles. The number of H-pyrrole nitrogens is 1. The minimum atomic E-state index is -4.58. The van der Waals surface area contributed by atoms with Crippen LogP contribution < -0.4 is 10.9 Å². The van der Waals surface area contributed by atoms with E-state index >= 15 is 0 Å². The van der Waals surface area contributed by atoms with Gasteiger partial charge in [0.2, 0.25) is 5.91 Å². The minimum absolute atomic E-state index is 0.241. The molecule has 2 N–H and O–H groups in total. The first-order chi connectivity index (χ1) is 14.6. The molecular weight excluding hydrogens is 447 g/mol. The number of nitrogens with zero attached hydrogens (tertiary/aromatic N) is 1. The van der Waals surface area contributed by atoms with Gasteiger partial charge in [-0.25, -0.2) is 4.98 Å². The summed E-state index contributed by atoms with van der Waals surface area (Å²) in [4.78, 5) is 34.3. The van der Waals surface area contributed by atoms with Gasteiger partial charge in [0.15, 0.2) is 5.16 Å². The summed E-state index contributed by atoms with van der Waals surface area (Å²) < 4.78 is 39.5. The van der Waals surface area contributed by atoms with E-state index in [-0.39, 0.29) is 16.4 Å². The molecule has 1 aliphatic rings. The lowest BCUT2D eigenvalue weighted by atomic mass is 9.89. The van der Waals surface area contributed by atoms with E-state index in [0.717, 1.165) is 42.7 Å². The van der Waals surface area contributed by atoms with Crippen molar-refractivity contribution in [3.05, 3.63) is 50.6 Å². The summed E-state index contributed by atoms with van der Waals surface area (Å²) in [5, 5.41) is 2.46. The van der Waals surface area contributed by atoms with Crippen LogP contribution in [-0.2, 0) is 23.8 Å². The highest BCUT2D eigenvalue weighted by Crippen LogP contribution is 2.37. The summed E-state index contributed by atoms with van der Waals surface area (Å²) in [6, 6.07) is 4.82. The highest BCUT2D eigenvalue weighted by molar-refractivity contribution is 8.00. The first-order valence-electron chi connectivity index (χ1n) is 9.81. The number of alkyl halides is 3. The van der Waals surface area contributed by atoms with E-state index in [9.17, 15) is 22.8 Å². The maximum absolute atomic E-state index is 13.2. The van der Waals surface area contributed by atoms with Gasteiger partial charge in [0.1, 0.15) is 4.83 Å². The summed E-state index contributed by atoms with van der Waals surface area (Å²) in [7, 11) is 0. The molecule has 3 aromatic rings.